The van der Waals surface area contributed by atoms with Gasteiger partial charge in [0, 0.05) is 29.3 Å². The van der Waals surface area contributed by atoms with Crippen LogP contribution in [0.25, 0.3) is 0 Å². The van der Waals surface area contributed by atoms with Crippen molar-refractivity contribution < 1.29 is 4.74 Å². The molecule has 3 heteroatoms. The Kier molecular flexibility index (Phi) is 4.82. The van der Waals surface area contributed by atoms with Gasteiger partial charge in [0.05, 0.1) is 0 Å². The van der Waals surface area contributed by atoms with Crippen molar-refractivity contribution in [3.8, 4) is 17.2 Å². The molecule has 1 aromatic carbocycles. The molecule has 0 bridgehead atoms. The molecule has 1 aliphatic carbocycles. The van der Waals surface area contributed by atoms with E-state index in [1.54, 1.807) is 0 Å². The molecule has 0 saturated heterocycles. The van der Waals surface area contributed by atoms with Crippen LogP contribution in [0.5, 0.6) is 5.75 Å². The summed E-state index contributed by atoms with van der Waals surface area (Å²) in [6.07, 6.45) is 3.67. The fourth-order valence-electron chi connectivity index (χ4n) is 4.15. The second kappa shape index (κ2) is 6.43. The minimum Gasteiger partial charge on any atom is -0.487 e. The van der Waals surface area contributed by atoms with E-state index in [9.17, 15) is 0 Å². The van der Waals surface area contributed by atoms with Gasteiger partial charge in [0.1, 0.15) is 19.4 Å². The number of benzene rings is 1. The zero-order chi connectivity index (χ0) is 19.3. The van der Waals surface area contributed by atoms with E-state index in [0.29, 0.717) is 0 Å². The van der Waals surface area contributed by atoms with Crippen LogP contribution in [0, 0.1) is 11.5 Å². The van der Waals surface area contributed by atoms with Crippen molar-refractivity contribution in [2.24, 2.45) is 0 Å². The van der Waals surface area contributed by atoms with Crippen LogP contribution >= 0.6 is 0 Å². The highest BCUT2D eigenvalue weighted by Crippen LogP contribution is 2.47. The summed E-state index contributed by atoms with van der Waals surface area (Å²) in [4.78, 5) is 2.48. The predicted octanol–water partition coefficient (Wildman–Crippen LogP) is 5.35. The Bertz CT molecular complexity index is 757. The fraction of sp³-hybridized carbons (Fsp3) is 0.652. The molecule has 1 aromatic rings. The van der Waals surface area contributed by atoms with Crippen LogP contribution in [0.2, 0.25) is 19.6 Å². The Morgan fingerprint density at radius 3 is 2.38 bits per heavy atom. The summed E-state index contributed by atoms with van der Waals surface area (Å²) >= 11 is 0. The molecule has 2 nitrogen and oxygen atoms in total. The number of ether oxygens (including phenoxy) is 1. The molecule has 142 valence electrons. The van der Waals surface area contributed by atoms with Gasteiger partial charge in [-0.3, -0.25) is 4.90 Å². The number of nitrogens with zero attached hydrogens (tertiary/aromatic N) is 1. The van der Waals surface area contributed by atoms with Crippen molar-refractivity contribution in [3.63, 3.8) is 0 Å². The Morgan fingerprint density at radius 2 is 1.81 bits per heavy atom. The molecule has 2 aliphatic rings. The van der Waals surface area contributed by atoms with Crippen LogP contribution < -0.4 is 4.74 Å². The van der Waals surface area contributed by atoms with Crippen LogP contribution in [0.3, 0.4) is 0 Å². The Labute approximate surface area is 161 Å². The van der Waals surface area contributed by atoms with Crippen molar-refractivity contribution in [1.82, 2.24) is 4.90 Å². The van der Waals surface area contributed by atoms with E-state index in [0.717, 1.165) is 30.3 Å². The van der Waals surface area contributed by atoms with Crippen molar-refractivity contribution in [2.45, 2.75) is 90.2 Å². The minimum absolute atomic E-state index is 0.0981. The largest absolute Gasteiger partial charge is 0.487 e. The second-order valence-corrected chi connectivity index (χ2v) is 15.3. The average Bonchev–Trinajstić information content (AvgIpc) is 3.28. The SMILES string of the molecule is CN(Cc1cc(C#C[Si](C)(C)C)cc2c1OC(C)(C)CC2(C)C)C1CC1. The van der Waals surface area contributed by atoms with Gasteiger partial charge < -0.3 is 4.74 Å². The van der Waals surface area contributed by atoms with E-state index in [2.05, 4.69) is 82.9 Å². The van der Waals surface area contributed by atoms with Crippen molar-refractivity contribution in [1.29, 1.82) is 0 Å². The van der Waals surface area contributed by atoms with E-state index < -0.39 is 8.07 Å². The molecule has 0 amide bonds. The Balaban J connectivity index is 2.09. The highest BCUT2D eigenvalue weighted by molar-refractivity contribution is 6.83. The third-order valence-corrected chi connectivity index (χ3v) is 6.19. The van der Waals surface area contributed by atoms with Crippen molar-refractivity contribution >= 4 is 8.07 Å². The summed E-state index contributed by atoms with van der Waals surface area (Å²) in [7, 11) is 0.845. The molecule has 1 fully saturated rings. The third kappa shape index (κ3) is 4.53. The molecule has 0 aromatic heterocycles. The van der Waals surface area contributed by atoms with E-state index in [1.165, 1.54) is 24.0 Å². The number of hydrogen-bond donors (Lipinski definition) is 0. The molecule has 0 radical (unpaired) electrons. The lowest BCUT2D eigenvalue weighted by molar-refractivity contribution is 0.0512. The first-order valence-corrected chi connectivity index (χ1v) is 13.5. The van der Waals surface area contributed by atoms with Crippen LogP contribution in [-0.2, 0) is 12.0 Å². The summed E-state index contributed by atoms with van der Waals surface area (Å²) in [5.74, 6) is 4.60. The van der Waals surface area contributed by atoms with Crippen LogP contribution in [0.15, 0.2) is 12.1 Å². The number of rotatable bonds is 3. The molecule has 1 saturated carbocycles. The van der Waals surface area contributed by atoms with Crippen LogP contribution in [-0.4, -0.2) is 31.7 Å². The summed E-state index contributed by atoms with van der Waals surface area (Å²) in [5, 5.41) is 0. The number of hydrogen-bond acceptors (Lipinski definition) is 2. The quantitative estimate of drug-likeness (QED) is 0.526. The van der Waals surface area contributed by atoms with Gasteiger partial charge in [-0.2, -0.15) is 0 Å². The van der Waals surface area contributed by atoms with Gasteiger partial charge in [-0.05, 0) is 57.7 Å². The van der Waals surface area contributed by atoms with Gasteiger partial charge in [0.25, 0.3) is 0 Å². The molecular formula is C23H35NOSi. The maximum absolute atomic E-state index is 6.52. The molecule has 3 rings (SSSR count). The molecule has 0 spiro atoms. The molecule has 1 heterocycles. The minimum atomic E-state index is -1.39. The average molecular weight is 370 g/mol. The molecule has 0 unspecified atom stereocenters. The van der Waals surface area contributed by atoms with E-state index >= 15 is 0 Å². The highest BCUT2D eigenvalue weighted by atomic mass is 28.3. The Morgan fingerprint density at radius 1 is 1.15 bits per heavy atom. The monoisotopic (exact) mass is 369 g/mol. The maximum Gasteiger partial charge on any atom is 0.129 e. The predicted molar refractivity (Wildman–Crippen MR) is 114 cm³/mol. The fourth-order valence-corrected chi connectivity index (χ4v) is 4.67. The van der Waals surface area contributed by atoms with Crippen molar-refractivity contribution in [3.05, 3.63) is 28.8 Å². The van der Waals surface area contributed by atoms with Gasteiger partial charge in [-0.25, -0.2) is 0 Å². The van der Waals surface area contributed by atoms with E-state index in [1.807, 2.05) is 0 Å². The second-order valence-electron chi connectivity index (χ2n) is 10.6. The number of fused-ring (bicyclic) bond motifs is 1. The summed E-state index contributed by atoms with van der Waals surface area (Å²) < 4.78 is 6.52. The van der Waals surface area contributed by atoms with Crippen LogP contribution in [0.4, 0.5) is 0 Å². The van der Waals surface area contributed by atoms with Gasteiger partial charge >= 0.3 is 0 Å². The summed E-state index contributed by atoms with van der Waals surface area (Å²) in [6.45, 7) is 17.0. The molecule has 0 atom stereocenters. The van der Waals surface area contributed by atoms with E-state index in [-0.39, 0.29) is 11.0 Å². The van der Waals surface area contributed by atoms with E-state index in [4.69, 9.17) is 4.74 Å². The topological polar surface area (TPSA) is 12.5 Å². The lowest BCUT2D eigenvalue weighted by Crippen LogP contribution is -2.42. The Hall–Kier alpha value is -1.24. The lowest BCUT2D eigenvalue weighted by Gasteiger charge is -2.43. The van der Waals surface area contributed by atoms with Gasteiger partial charge in [-0.15, -0.1) is 5.54 Å². The smallest absolute Gasteiger partial charge is 0.129 e. The first-order valence-electron chi connectivity index (χ1n) is 9.96. The first-order chi connectivity index (χ1) is 11.9. The highest BCUT2D eigenvalue weighted by Gasteiger charge is 2.40. The van der Waals surface area contributed by atoms with Gasteiger partial charge in [0.15, 0.2) is 0 Å². The van der Waals surface area contributed by atoms with Gasteiger partial charge in [-0.1, -0.05) is 39.4 Å². The van der Waals surface area contributed by atoms with Crippen molar-refractivity contribution in [2.75, 3.05) is 7.05 Å². The molecule has 0 N–H and O–H groups in total. The summed E-state index contributed by atoms with van der Waals surface area (Å²) in [6, 6.07) is 5.31. The third-order valence-electron chi connectivity index (χ3n) is 5.31. The summed E-state index contributed by atoms with van der Waals surface area (Å²) in [5.41, 5.74) is 7.30. The van der Waals surface area contributed by atoms with Gasteiger partial charge in [0.2, 0.25) is 0 Å². The molecule has 26 heavy (non-hydrogen) atoms. The normalized spacial score (nSPS) is 20.8. The maximum atomic E-state index is 6.52. The lowest BCUT2D eigenvalue weighted by atomic mass is 9.72. The molecular weight excluding hydrogens is 334 g/mol. The first kappa shape index (κ1) is 19.5. The zero-order valence-electron chi connectivity index (χ0n) is 17.9. The standard InChI is InChI=1S/C23H35NOSi/c1-22(2)16-23(3,4)25-21-18(15-24(5)19-9-10-19)13-17(14-20(21)22)11-12-26(6,7)8/h13-14,19H,9-10,15-16H2,1-8H3. The van der Waals surface area contributed by atoms with Crippen LogP contribution in [0.1, 0.15) is 63.6 Å². The zero-order valence-corrected chi connectivity index (χ0v) is 18.9. The molecule has 1 aliphatic heterocycles.